The van der Waals surface area contributed by atoms with Gasteiger partial charge in [-0.1, -0.05) is 103 Å². The molecule has 0 saturated carbocycles. The predicted octanol–water partition coefficient (Wildman–Crippen LogP) is -0.866. The standard InChI is InChI=1S/C22H47O6P.2Na/c1-2-3-4-5-6-7-8-9-10-11-12-13-14-15-16-17-18-26-19-20-27-21-22-28-29(23,24)25;;/h2-22H2,1H3,(H2,23,24,25);;/q;2*+1/p-2. The Bertz CT molecular complexity index is 372. The number of phosphoric ester groups is 1. The van der Waals surface area contributed by atoms with E-state index in [0.717, 1.165) is 13.0 Å². The summed E-state index contributed by atoms with van der Waals surface area (Å²) in [6, 6.07) is 0. The third-order valence-electron chi connectivity index (χ3n) is 4.99. The maximum atomic E-state index is 10.2. The van der Waals surface area contributed by atoms with Gasteiger partial charge < -0.3 is 28.3 Å². The number of hydrogen-bond donors (Lipinski definition) is 0. The monoisotopic (exact) mass is 482 g/mol. The Morgan fingerprint density at radius 1 is 0.516 bits per heavy atom. The van der Waals surface area contributed by atoms with Crippen molar-refractivity contribution >= 4 is 7.82 Å². The van der Waals surface area contributed by atoms with E-state index in [-0.39, 0.29) is 72.3 Å². The molecule has 6 nitrogen and oxygen atoms in total. The van der Waals surface area contributed by atoms with E-state index in [1.165, 1.54) is 96.3 Å². The molecule has 31 heavy (non-hydrogen) atoms. The minimum Gasteiger partial charge on any atom is -0.790 e. The van der Waals surface area contributed by atoms with Crippen LogP contribution in [0.1, 0.15) is 110 Å². The third-order valence-corrected chi connectivity index (χ3v) is 5.49. The molecule has 0 aromatic carbocycles. The molecule has 0 radical (unpaired) electrons. The second-order valence-electron chi connectivity index (χ2n) is 7.81. The van der Waals surface area contributed by atoms with Crippen LogP contribution >= 0.6 is 7.82 Å². The molecule has 0 saturated heterocycles. The first-order chi connectivity index (χ1) is 14.1. The van der Waals surface area contributed by atoms with Gasteiger partial charge in [0.25, 0.3) is 0 Å². The fourth-order valence-electron chi connectivity index (χ4n) is 3.28. The van der Waals surface area contributed by atoms with E-state index in [4.69, 9.17) is 9.47 Å². The van der Waals surface area contributed by atoms with Gasteiger partial charge in [0.15, 0.2) is 0 Å². The Balaban J connectivity index is -0.00000392. The molecule has 0 amide bonds. The summed E-state index contributed by atoms with van der Waals surface area (Å²) in [6.45, 7) is 3.71. The molecule has 0 atom stereocenters. The molecule has 0 rings (SSSR count). The summed E-state index contributed by atoms with van der Waals surface area (Å²) in [6.07, 6.45) is 21.7. The normalized spacial score (nSPS) is 11.2. The van der Waals surface area contributed by atoms with Crippen LogP contribution in [0.4, 0.5) is 0 Å². The zero-order valence-corrected chi connectivity index (χ0v) is 25.6. The van der Waals surface area contributed by atoms with E-state index in [9.17, 15) is 14.4 Å². The van der Waals surface area contributed by atoms with Crippen LogP contribution in [0.25, 0.3) is 0 Å². The quantitative estimate of drug-likeness (QED) is 0.101. The smallest absolute Gasteiger partial charge is 0.790 e. The molecule has 0 spiro atoms. The first-order valence-corrected chi connectivity index (χ1v) is 13.3. The Kier molecular flexibility index (Phi) is 36.4. The minimum absolute atomic E-state index is 0. The van der Waals surface area contributed by atoms with Crippen molar-refractivity contribution in [3.05, 3.63) is 0 Å². The van der Waals surface area contributed by atoms with E-state index in [2.05, 4.69) is 11.4 Å². The Hall–Kier alpha value is 2.03. The molecule has 0 bridgehead atoms. The van der Waals surface area contributed by atoms with Gasteiger partial charge in [-0.2, -0.15) is 0 Å². The van der Waals surface area contributed by atoms with Gasteiger partial charge in [0.2, 0.25) is 0 Å². The largest absolute Gasteiger partial charge is 1.00 e. The van der Waals surface area contributed by atoms with Crippen LogP contribution in [0.3, 0.4) is 0 Å². The summed E-state index contributed by atoms with van der Waals surface area (Å²) in [5.41, 5.74) is 0. The van der Waals surface area contributed by atoms with Crippen LogP contribution in [-0.4, -0.2) is 33.0 Å². The van der Waals surface area contributed by atoms with Crippen LogP contribution in [0.15, 0.2) is 0 Å². The molecule has 0 aromatic rings. The average Bonchev–Trinajstić information content (AvgIpc) is 2.67. The van der Waals surface area contributed by atoms with Gasteiger partial charge >= 0.3 is 59.1 Å². The van der Waals surface area contributed by atoms with Gasteiger partial charge in [-0.15, -0.1) is 0 Å². The molecule has 0 aliphatic carbocycles. The predicted molar refractivity (Wildman–Crippen MR) is 115 cm³/mol. The summed E-state index contributed by atoms with van der Waals surface area (Å²) < 4.78 is 24.8. The fourth-order valence-corrected chi connectivity index (χ4v) is 3.58. The van der Waals surface area contributed by atoms with E-state index in [1.807, 2.05) is 0 Å². The molecule has 0 heterocycles. The van der Waals surface area contributed by atoms with E-state index < -0.39 is 7.82 Å². The summed E-state index contributed by atoms with van der Waals surface area (Å²) in [4.78, 5) is 20.4. The van der Waals surface area contributed by atoms with Crippen molar-refractivity contribution in [1.82, 2.24) is 0 Å². The SMILES string of the molecule is CCCCCCCCCCCCCCCCCCOCCOCCOP(=O)([O-])[O-].[Na+].[Na+]. The maximum Gasteiger partial charge on any atom is 1.00 e. The molecular weight excluding hydrogens is 437 g/mol. The zero-order valence-electron chi connectivity index (χ0n) is 20.7. The van der Waals surface area contributed by atoms with Crippen molar-refractivity contribution in [2.75, 3.05) is 33.0 Å². The van der Waals surface area contributed by atoms with Gasteiger partial charge in [0.1, 0.15) is 0 Å². The first kappa shape index (κ1) is 37.6. The molecule has 0 aliphatic rings. The van der Waals surface area contributed by atoms with Crippen LogP contribution < -0.4 is 68.9 Å². The van der Waals surface area contributed by atoms with Crippen LogP contribution in [0.5, 0.6) is 0 Å². The van der Waals surface area contributed by atoms with Gasteiger partial charge in [-0.25, -0.2) is 0 Å². The number of unbranched alkanes of at least 4 members (excludes halogenated alkanes) is 15. The second kappa shape index (κ2) is 30.1. The van der Waals surface area contributed by atoms with Crippen molar-refractivity contribution in [3.8, 4) is 0 Å². The Labute approximate surface area is 236 Å². The Morgan fingerprint density at radius 2 is 0.839 bits per heavy atom. The fraction of sp³-hybridized carbons (Fsp3) is 1.00. The number of ether oxygens (including phenoxy) is 2. The molecule has 0 aliphatic heterocycles. The molecule has 0 fully saturated rings. The van der Waals surface area contributed by atoms with E-state index >= 15 is 0 Å². The molecular formula is C22H45Na2O6P. The van der Waals surface area contributed by atoms with Crippen molar-refractivity contribution in [3.63, 3.8) is 0 Å². The van der Waals surface area contributed by atoms with Crippen molar-refractivity contribution < 1.29 is 87.5 Å². The summed E-state index contributed by atoms with van der Waals surface area (Å²) in [5.74, 6) is 0. The third kappa shape index (κ3) is 36.8. The van der Waals surface area contributed by atoms with Crippen LogP contribution in [0.2, 0.25) is 0 Å². The number of rotatable bonds is 24. The maximum absolute atomic E-state index is 10.2. The minimum atomic E-state index is -4.87. The van der Waals surface area contributed by atoms with Crippen molar-refractivity contribution in [2.45, 2.75) is 110 Å². The Morgan fingerprint density at radius 3 is 1.23 bits per heavy atom. The van der Waals surface area contributed by atoms with Crippen molar-refractivity contribution in [2.24, 2.45) is 0 Å². The molecule has 0 aromatic heterocycles. The molecule has 0 unspecified atom stereocenters. The average molecular weight is 483 g/mol. The van der Waals surface area contributed by atoms with Crippen molar-refractivity contribution in [1.29, 1.82) is 0 Å². The topological polar surface area (TPSA) is 90.9 Å². The summed E-state index contributed by atoms with van der Waals surface area (Å²) >= 11 is 0. The van der Waals surface area contributed by atoms with Crippen LogP contribution in [0, 0.1) is 0 Å². The summed E-state index contributed by atoms with van der Waals surface area (Å²) in [5, 5.41) is 0. The molecule has 176 valence electrons. The number of hydrogen-bond acceptors (Lipinski definition) is 6. The van der Waals surface area contributed by atoms with Gasteiger partial charge in [0, 0.05) is 6.61 Å². The number of phosphoric acid groups is 1. The van der Waals surface area contributed by atoms with E-state index in [0.29, 0.717) is 13.2 Å². The van der Waals surface area contributed by atoms with E-state index in [1.54, 1.807) is 0 Å². The van der Waals surface area contributed by atoms with Gasteiger partial charge in [-0.3, -0.25) is 0 Å². The van der Waals surface area contributed by atoms with Gasteiger partial charge in [0.05, 0.1) is 34.3 Å². The van der Waals surface area contributed by atoms with Crippen LogP contribution in [-0.2, 0) is 18.6 Å². The zero-order chi connectivity index (χ0) is 21.5. The second-order valence-corrected chi connectivity index (χ2v) is 8.96. The van der Waals surface area contributed by atoms with Gasteiger partial charge in [-0.05, 0) is 6.42 Å². The first-order valence-electron chi connectivity index (χ1n) is 11.9. The summed E-state index contributed by atoms with van der Waals surface area (Å²) in [7, 11) is -4.87. The molecule has 9 heteroatoms. The molecule has 0 N–H and O–H groups in total.